The van der Waals surface area contributed by atoms with Gasteiger partial charge in [0, 0.05) is 43.9 Å². The van der Waals surface area contributed by atoms with Crippen molar-refractivity contribution in [2.24, 2.45) is 5.92 Å². The highest BCUT2D eigenvalue weighted by Crippen LogP contribution is 2.24. The molecule has 0 bridgehead atoms. The maximum Gasteiger partial charge on any atom is 0.328 e. The normalized spacial score (nSPS) is 13.7. The number of nitrogens with zero attached hydrogens (tertiary/aromatic N) is 3. The molecule has 2 heterocycles. The molecule has 1 aromatic heterocycles. The summed E-state index contributed by atoms with van der Waals surface area (Å²) in [6, 6.07) is 17.9. The number of methoxy groups -OCH3 is 1. The van der Waals surface area contributed by atoms with Crippen molar-refractivity contribution in [1.82, 2.24) is 14.9 Å². The summed E-state index contributed by atoms with van der Waals surface area (Å²) in [6.45, 7) is 12.5. The second-order valence-electron chi connectivity index (χ2n) is 9.10. The zero-order valence-electron chi connectivity index (χ0n) is 24.5. The molecule has 212 valence electrons. The third-order valence-electron chi connectivity index (χ3n) is 6.66. The van der Waals surface area contributed by atoms with E-state index >= 15 is 0 Å². The molecule has 1 N–H and O–H groups in total. The molecule has 1 aliphatic heterocycles. The molecular weight excluding hydrogens is 488 g/mol. The number of carbonyl (C=O) groups excluding carboxylic acids is 2. The monoisotopic (exact) mass is 534 g/mol. The first-order valence-corrected chi connectivity index (χ1v) is 14.3. The van der Waals surface area contributed by atoms with E-state index in [1.807, 2.05) is 56.7 Å². The topological polar surface area (TPSA) is 76.5 Å². The van der Waals surface area contributed by atoms with E-state index in [2.05, 4.69) is 58.5 Å². The summed E-state index contributed by atoms with van der Waals surface area (Å²) in [5.41, 5.74) is 4.43. The standard InChI is InChI=1S/C28H34N4O3.2C2H6/c1-3-21-10-7-11-25(16-21)32-14-12-23(13-15-32)27(33)30-26(28(34)35-2)17-24-19-31(20-29-24)18-22-8-5-4-6-9-22;2*1-2/h4-11,16,19-20,23,26H,3,12-15,17-18H2,1-2H3,(H,30,33);2*1-2H3. The van der Waals surface area contributed by atoms with Crippen molar-refractivity contribution in [3.05, 3.63) is 83.9 Å². The van der Waals surface area contributed by atoms with Crippen LogP contribution in [0.4, 0.5) is 5.69 Å². The molecule has 0 aliphatic carbocycles. The van der Waals surface area contributed by atoms with E-state index < -0.39 is 12.0 Å². The molecule has 1 fully saturated rings. The van der Waals surface area contributed by atoms with E-state index in [1.54, 1.807) is 6.33 Å². The Bertz CT molecular complexity index is 1120. The van der Waals surface area contributed by atoms with Crippen molar-refractivity contribution >= 4 is 17.6 Å². The van der Waals surface area contributed by atoms with Crippen LogP contribution in [0.1, 0.15) is 64.3 Å². The zero-order valence-corrected chi connectivity index (χ0v) is 24.5. The number of imidazole rings is 1. The van der Waals surface area contributed by atoms with Crippen LogP contribution >= 0.6 is 0 Å². The Balaban J connectivity index is 0.00000127. The Morgan fingerprint density at radius 1 is 1.00 bits per heavy atom. The van der Waals surface area contributed by atoms with Crippen molar-refractivity contribution < 1.29 is 14.3 Å². The summed E-state index contributed by atoms with van der Waals surface area (Å²) in [7, 11) is 1.35. The summed E-state index contributed by atoms with van der Waals surface area (Å²) in [5.74, 6) is -0.667. The molecule has 1 saturated heterocycles. The van der Waals surface area contributed by atoms with Crippen LogP contribution in [0.3, 0.4) is 0 Å². The van der Waals surface area contributed by atoms with E-state index in [0.29, 0.717) is 13.0 Å². The highest BCUT2D eigenvalue weighted by molar-refractivity contribution is 5.86. The Morgan fingerprint density at radius 2 is 1.67 bits per heavy atom. The van der Waals surface area contributed by atoms with E-state index in [1.165, 1.54) is 23.9 Å². The smallest absolute Gasteiger partial charge is 0.328 e. The minimum absolute atomic E-state index is 0.0916. The number of ether oxygens (including phenoxy) is 1. The minimum atomic E-state index is -0.758. The third-order valence-corrected chi connectivity index (χ3v) is 6.66. The quantitative estimate of drug-likeness (QED) is 0.358. The zero-order chi connectivity index (χ0) is 28.6. The van der Waals surface area contributed by atoms with Crippen LogP contribution in [-0.4, -0.2) is 47.7 Å². The highest BCUT2D eigenvalue weighted by atomic mass is 16.5. The van der Waals surface area contributed by atoms with Gasteiger partial charge in [-0.05, 0) is 42.5 Å². The third kappa shape index (κ3) is 9.57. The van der Waals surface area contributed by atoms with Crippen molar-refractivity contribution in [3.8, 4) is 0 Å². The van der Waals surface area contributed by atoms with Crippen LogP contribution in [0.5, 0.6) is 0 Å². The Labute approximate surface area is 234 Å². The fourth-order valence-electron chi connectivity index (χ4n) is 4.60. The second kappa shape index (κ2) is 17.1. The van der Waals surface area contributed by atoms with Crippen molar-refractivity contribution in [2.75, 3.05) is 25.1 Å². The molecular formula is C32H46N4O3. The fraction of sp³-hybridized carbons (Fsp3) is 0.469. The number of aryl methyl sites for hydroxylation is 1. The predicted molar refractivity (Wildman–Crippen MR) is 159 cm³/mol. The maximum atomic E-state index is 13.0. The maximum absolute atomic E-state index is 13.0. The average molecular weight is 535 g/mol. The molecule has 1 unspecified atom stereocenters. The van der Waals surface area contributed by atoms with Gasteiger partial charge in [0.25, 0.3) is 0 Å². The Morgan fingerprint density at radius 3 is 2.31 bits per heavy atom. The van der Waals surface area contributed by atoms with Gasteiger partial charge in [-0.1, -0.05) is 77.1 Å². The number of benzene rings is 2. The number of amides is 1. The molecule has 1 amide bonds. The second-order valence-corrected chi connectivity index (χ2v) is 9.10. The van der Waals surface area contributed by atoms with Gasteiger partial charge in [0.2, 0.25) is 5.91 Å². The van der Waals surface area contributed by atoms with Crippen molar-refractivity contribution in [1.29, 1.82) is 0 Å². The van der Waals surface area contributed by atoms with Gasteiger partial charge in [-0.15, -0.1) is 0 Å². The van der Waals surface area contributed by atoms with Gasteiger partial charge in [0.05, 0.1) is 19.1 Å². The van der Waals surface area contributed by atoms with E-state index in [-0.39, 0.29) is 11.8 Å². The molecule has 1 atom stereocenters. The lowest BCUT2D eigenvalue weighted by Gasteiger charge is -2.33. The summed E-state index contributed by atoms with van der Waals surface area (Å²) in [6.07, 6.45) is 6.47. The Kier molecular flexibility index (Phi) is 13.8. The van der Waals surface area contributed by atoms with Gasteiger partial charge in [0.15, 0.2) is 0 Å². The number of anilines is 1. The fourth-order valence-corrected chi connectivity index (χ4v) is 4.60. The minimum Gasteiger partial charge on any atom is -0.467 e. The first-order valence-electron chi connectivity index (χ1n) is 14.3. The molecule has 3 aromatic rings. The van der Waals surface area contributed by atoms with Gasteiger partial charge in [0.1, 0.15) is 6.04 Å². The van der Waals surface area contributed by atoms with Gasteiger partial charge >= 0.3 is 5.97 Å². The summed E-state index contributed by atoms with van der Waals surface area (Å²) >= 11 is 0. The first kappa shape index (κ1) is 31.6. The SMILES string of the molecule is CC.CC.CCc1cccc(N2CCC(C(=O)NC(Cc3cn(Cc4ccccc4)cn3)C(=O)OC)CC2)c1. The lowest BCUT2D eigenvalue weighted by atomic mass is 9.94. The van der Waals surface area contributed by atoms with Gasteiger partial charge in [-0.25, -0.2) is 9.78 Å². The molecule has 0 saturated carbocycles. The molecule has 1 aliphatic rings. The number of piperidine rings is 1. The Hall–Kier alpha value is -3.61. The number of carbonyl (C=O) groups is 2. The van der Waals surface area contributed by atoms with Crippen LogP contribution in [-0.2, 0) is 33.7 Å². The molecule has 2 aromatic carbocycles. The van der Waals surface area contributed by atoms with Crippen molar-refractivity contribution in [3.63, 3.8) is 0 Å². The first-order chi connectivity index (χ1) is 19.1. The average Bonchev–Trinajstić information content (AvgIpc) is 3.45. The number of esters is 1. The number of nitrogens with one attached hydrogen (secondary N) is 1. The van der Waals surface area contributed by atoms with Gasteiger partial charge < -0.3 is 19.5 Å². The predicted octanol–water partition coefficient (Wildman–Crippen LogP) is 5.66. The molecule has 0 radical (unpaired) electrons. The summed E-state index contributed by atoms with van der Waals surface area (Å²) < 4.78 is 6.95. The molecule has 7 nitrogen and oxygen atoms in total. The number of aromatic nitrogens is 2. The van der Waals surface area contributed by atoms with Crippen molar-refractivity contribution in [2.45, 2.75) is 72.9 Å². The number of rotatable bonds is 9. The van der Waals surface area contributed by atoms with Gasteiger partial charge in [-0.2, -0.15) is 0 Å². The largest absolute Gasteiger partial charge is 0.467 e. The molecule has 0 spiro atoms. The lowest BCUT2D eigenvalue weighted by molar-refractivity contribution is -0.145. The van der Waals surface area contributed by atoms with E-state index in [9.17, 15) is 9.59 Å². The van der Waals surface area contributed by atoms with Crippen LogP contribution in [0.2, 0.25) is 0 Å². The molecule has 4 rings (SSSR count). The lowest BCUT2D eigenvalue weighted by Crippen LogP contribution is -2.48. The number of hydrogen-bond acceptors (Lipinski definition) is 5. The van der Waals surface area contributed by atoms with Crippen LogP contribution in [0, 0.1) is 5.92 Å². The summed E-state index contributed by atoms with van der Waals surface area (Å²) in [4.78, 5) is 32.3. The molecule has 7 heteroatoms. The highest BCUT2D eigenvalue weighted by Gasteiger charge is 2.30. The van der Waals surface area contributed by atoms with E-state index in [4.69, 9.17) is 4.74 Å². The van der Waals surface area contributed by atoms with Crippen LogP contribution in [0.15, 0.2) is 67.1 Å². The van der Waals surface area contributed by atoms with E-state index in [0.717, 1.165) is 38.0 Å². The summed E-state index contributed by atoms with van der Waals surface area (Å²) in [5, 5.41) is 2.94. The molecule has 39 heavy (non-hydrogen) atoms. The van der Waals surface area contributed by atoms with Gasteiger partial charge in [-0.3, -0.25) is 4.79 Å². The number of hydrogen-bond donors (Lipinski definition) is 1. The van der Waals surface area contributed by atoms with Crippen LogP contribution in [0.25, 0.3) is 0 Å². The van der Waals surface area contributed by atoms with Crippen LogP contribution < -0.4 is 10.2 Å².